The lowest BCUT2D eigenvalue weighted by molar-refractivity contribution is -0.140. The summed E-state index contributed by atoms with van der Waals surface area (Å²) in [6.07, 6.45) is 2.08. The van der Waals surface area contributed by atoms with E-state index < -0.39 is 5.97 Å². The topological polar surface area (TPSA) is 43.6 Å². The van der Waals surface area contributed by atoms with E-state index in [-0.39, 0.29) is 0 Å². The van der Waals surface area contributed by atoms with Crippen LogP contribution in [0, 0.1) is 0 Å². The molecule has 0 bridgehead atoms. The van der Waals surface area contributed by atoms with Gasteiger partial charge < -0.3 is 9.40 Å². The Morgan fingerprint density at radius 3 is 2.25 bits per heavy atom. The minimum atomic E-state index is -0.443. The maximum absolute atomic E-state index is 11.4. The van der Waals surface area contributed by atoms with E-state index >= 15 is 0 Å². The summed E-state index contributed by atoms with van der Waals surface area (Å²) in [6.45, 7) is 2.10. The molecule has 4 aromatic rings. The van der Waals surface area contributed by atoms with E-state index in [1.165, 1.54) is 12.5 Å². The molecule has 0 aliphatic rings. The third-order valence-electron chi connectivity index (χ3n) is 4.55. The molecule has 0 saturated carbocycles. The number of hydrogen-bond acceptors (Lipinski definition) is 3. The lowest BCUT2D eigenvalue weighted by atomic mass is 10.0. The first kappa shape index (κ1) is 17.7. The predicted octanol–water partition coefficient (Wildman–Crippen LogP) is 5.01. The van der Waals surface area contributed by atoms with Gasteiger partial charge in [0.15, 0.2) is 0 Å². The van der Waals surface area contributed by atoms with E-state index in [1.54, 1.807) is 0 Å². The number of fused-ring (bicyclic) bond motifs is 1. The molecule has 0 fully saturated rings. The Kier molecular flexibility index (Phi) is 5.02. The van der Waals surface area contributed by atoms with Gasteiger partial charge in [-0.25, -0.2) is 4.79 Å². The van der Waals surface area contributed by atoms with E-state index in [1.807, 2.05) is 60.7 Å². The zero-order chi connectivity index (χ0) is 19.3. The molecule has 1 heterocycles. The van der Waals surface area contributed by atoms with Gasteiger partial charge in [-0.2, -0.15) is 0 Å². The lowest BCUT2D eigenvalue weighted by Crippen LogP contribution is -2.06. The minimum absolute atomic E-state index is 0.443. The van der Waals surface area contributed by atoms with Gasteiger partial charge in [-0.1, -0.05) is 84.0 Å². The summed E-state index contributed by atoms with van der Waals surface area (Å²) >= 11 is 0. The molecule has 28 heavy (non-hydrogen) atoms. The molecule has 0 atom stereocenters. The Hall–Kier alpha value is -3.66. The fourth-order valence-electron chi connectivity index (χ4n) is 3.31. The fraction of sp³-hybridized carbons (Fsp3) is 0.0833. The van der Waals surface area contributed by atoms with E-state index in [2.05, 4.69) is 40.2 Å². The van der Waals surface area contributed by atoms with Crippen molar-refractivity contribution >= 4 is 22.6 Å². The molecule has 4 heteroatoms. The van der Waals surface area contributed by atoms with Gasteiger partial charge in [-0.15, -0.1) is 0 Å². The number of oxime groups is 1. The summed E-state index contributed by atoms with van der Waals surface area (Å²) in [5.74, 6) is -0.443. The number of nitrogens with zero attached hydrogens (tertiary/aromatic N) is 2. The molecule has 0 amide bonds. The van der Waals surface area contributed by atoms with Crippen molar-refractivity contribution in [3.8, 4) is 0 Å². The van der Waals surface area contributed by atoms with Crippen LogP contribution in [0.3, 0.4) is 0 Å². The highest BCUT2D eigenvalue weighted by molar-refractivity contribution is 6.19. The molecule has 0 unspecified atom stereocenters. The monoisotopic (exact) mass is 368 g/mol. The number of rotatable bonds is 5. The quantitative estimate of drug-likeness (QED) is 0.282. The molecule has 0 N–H and O–H groups in total. The van der Waals surface area contributed by atoms with Crippen molar-refractivity contribution in [3.05, 3.63) is 108 Å². The Morgan fingerprint density at radius 1 is 0.893 bits per heavy atom. The highest BCUT2D eigenvalue weighted by atomic mass is 16.7. The minimum Gasteiger partial charge on any atom is -0.342 e. The first-order valence-corrected chi connectivity index (χ1v) is 9.15. The molecule has 3 aromatic carbocycles. The Morgan fingerprint density at radius 2 is 1.54 bits per heavy atom. The number of carbonyl (C=O) groups is 1. The summed E-state index contributed by atoms with van der Waals surface area (Å²) < 4.78 is 2.20. The van der Waals surface area contributed by atoms with Crippen LogP contribution in [0.4, 0.5) is 0 Å². The van der Waals surface area contributed by atoms with Gasteiger partial charge in [0, 0.05) is 41.7 Å². The normalized spacial score (nSPS) is 11.5. The second-order valence-electron chi connectivity index (χ2n) is 6.56. The summed E-state index contributed by atoms with van der Waals surface area (Å²) in [6, 6.07) is 28.3. The van der Waals surface area contributed by atoms with Crippen LogP contribution in [-0.4, -0.2) is 16.2 Å². The van der Waals surface area contributed by atoms with Crippen molar-refractivity contribution < 1.29 is 9.63 Å². The number of aromatic nitrogens is 1. The Labute approximate surface area is 163 Å². The molecular formula is C24H20N2O2. The van der Waals surface area contributed by atoms with Crippen molar-refractivity contribution in [3.63, 3.8) is 0 Å². The van der Waals surface area contributed by atoms with Gasteiger partial charge in [0.1, 0.15) is 5.71 Å². The molecule has 0 saturated heterocycles. The van der Waals surface area contributed by atoms with E-state index in [0.717, 1.165) is 28.6 Å². The van der Waals surface area contributed by atoms with Crippen LogP contribution in [0.2, 0.25) is 0 Å². The molecule has 4 rings (SSSR count). The van der Waals surface area contributed by atoms with Crippen LogP contribution in [0.15, 0.2) is 96.3 Å². The largest absolute Gasteiger partial charge is 0.342 e. The lowest BCUT2D eigenvalue weighted by Gasteiger charge is -2.05. The average molecular weight is 368 g/mol. The molecular weight excluding hydrogens is 348 g/mol. The van der Waals surface area contributed by atoms with E-state index in [4.69, 9.17) is 4.84 Å². The van der Waals surface area contributed by atoms with Gasteiger partial charge in [-0.3, -0.25) is 0 Å². The first-order valence-electron chi connectivity index (χ1n) is 9.15. The average Bonchev–Trinajstić information content (AvgIpc) is 3.08. The summed E-state index contributed by atoms with van der Waals surface area (Å²) in [5.41, 5.74) is 4.78. The molecule has 0 aliphatic heterocycles. The number of carbonyl (C=O) groups excluding carboxylic acids is 1. The van der Waals surface area contributed by atoms with Gasteiger partial charge in [0.05, 0.1) is 0 Å². The Balaban J connectivity index is 1.86. The molecule has 4 nitrogen and oxygen atoms in total. The second-order valence-corrected chi connectivity index (χ2v) is 6.56. The maximum Gasteiger partial charge on any atom is 0.332 e. The highest BCUT2D eigenvalue weighted by Gasteiger charge is 2.16. The fourth-order valence-corrected chi connectivity index (χ4v) is 3.31. The molecule has 138 valence electrons. The Bertz CT molecular complexity index is 1130. The molecule has 0 spiro atoms. The van der Waals surface area contributed by atoms with Crippen LogP contribution in [0.5, 0.6) is 0 Å². The van der Waals surface area contributed by atoms with Gasteiger partial charge in [0.25, 0.3) is 0 Å². The second kappa shape index (κ2) is 7.92. The van der Waals surface area contributed by atoms with Crippen LogP contribution in [-0.2, 0) is 16.2 Å². The molecule has 0 radical (unpaired) electrons. The summed E-state index contributed by atoms with van der Waals surface area (Å²) in [4.78, 5) is 16.4. The summed E-state index contributed by atoms with van der Waals surface area (Å²) in [7, 11) is 0. The van der Waals surface area contributed by atoms with Gasteiger partial charge in [0.2, 0.25) is 0 Å². The van der Waals surface area contributed by atoms with Crippen LogP contribution < -0.4 is 0 Å². The van der Waals surface area contributed by atoms with Gasteiger partial charge in [-0.05, 0) is 11.6 Å². The van der Waals surface area contributed by atoms with Crippen molar-refractivity contribution in [2.75, 3.05) is 0 Å². The van der Waals surface area contributed by atoms with Crippen molar-refractivity contribution in [2.24, 2.45) is 5.16 Å². The van der Waals surface area contributed by atoms with Crippen LogP contribution in [0.1, 0.15) is 23.6 Å². The number of para-hydroxylation sites is 1. The summed E-state index contributed by atoms with van der Waals surface area (Å²) in [5, 5.41) is 5.25. The maximum atomic E-state index is 11.4. The van der Waals surface area contributed by atoms with E-state index in [0.29, 0.717) is 5.71 Å². The number of hydrogen-bond donors (Lipinski definition) is 0. The first-order chi connectivity index (χ1) is 13.7. The SMILES string of the molecule is CC(=O)O/N=C(\c1ccccc1)c1cn(Cc2ccccc2)c2ccccc12. The smallest absolute Gasteiger partial charge is 0.332 e. The zero-order valence-corrected chi connectivity index (χ0v) is 15.6. The van der Waals surface area contributed by atoms with E-state index in [9.17, 15) is 4.79 Å². The van der Waals surface area contributed by atoms with Gasteiger partial charge >= 0.3 is 5.97 Å². The molecule has 0 aliphatic carbocycles. The third-order valence-corrected chi connectivity index (χ3v) is 4.55. The van der Waals surface area contributed by atoms with Crippen LogP contribution >= 0.6 is 0 Å². The van der Waals surface area contributed by atoms with Crippen LogP contribution in [0.25, 0.3) is 10.9 Å². The van der Waals surface area contributed by atoms with Crippen molar-refractivity contribution in [1.82, 2.24) is 4.57 Å². The standard InChI is InChI=1S/C24H20N2O2/c1-18(27)28-25-24(20-12-6-3-7-13-20)22-17-26(16-19-10-4-2-5-11-19)23-15-9-8-14-21(22)23/h2-15,17H,16H2,1H3/b25-24+. The molecule has 1 aromatic heterocycles. The van der Waals surface area contributed by atoms with Crippen molar-refractivity contribution in [1.29, 1.82) is 0 Å². The number of benzene rings is 3. The zero-order valence-electron chi connectivity index (χ0n) is 15.6. The predicted molar refractivity (Wildman–Crippen MR) is 111 cm³/mol. The third kappa shape index (κ3) is 3.71. The highest BCUT2D eigenvalue weighted by Crippen LogP contribution is 2.25. The van der Waals surface area contributed by atoms with Crippen molar-refractivity contribution in [2.45, 2.75) is 13.5 Å².